The van der Waals surface area contributed by atoms with Gasteiger partial charge in [-0.1, -0.05) is 101 Å². The first-order valence-electron chi connectivity index (χ1n) is 16.8. The van der Waals surface area contributed by atoms with E-state index >= 15 is 0 Å². The molecule has 1 amide bonds. The molecule has 4 aromatic carbocycles. The summed E-state index contributed by atoms with van der Waals surface area (Å²) in [7, 11) is 0. The van der Waals surface area contributed by atoms with Crippen LogP contribution in [0.4, 0.5) is 0 Å². The van der Waals surface area contributed by atoms with Crippen LogP contribution in [0, 0.1) is 42.9 Å². The molecule has 0 spiro atoms. The van der Waals surface area contributed by atoms with Crippen LogP contribution in [0.3, 0.4) is 0 Å². The molecule has 1 aliphatic carbocycles. The molecule has 44 heavy (non-hydrogen) atoms. The van der Waals surface area contributed by atoms with Gasteiger partial charge in [-0.3, -0.25) is 4.79 Å². The number of amides is 1. The predicted octanol–water partition coefficient (Wildman–Crippen LogP) is 10.8. The Kier molecular flexibility index (Phi) is 10.2. The van der Waals surface area contributed by atoms with E-state index < -0.39 is 0 Å². The minimum absolute atomic E-state index is 0.178. The van der Waals surface area contributed by atoms with E-state index in [1.165, 1.54) is 44.9 Å². The molecule has 2 fully saturated rings. The average molecular weight is 585 g/mol. The summed E-state index contributed by atoms with van der Waals surface area (Å²) in [6.45, 7) is 12.8. The van der Waals surface area contributed by atoms with Crippen molar-refractivity contribution in [2.45, 2.75) is 79.6 Å². The number of likely N-dealkylation sites (tertiary alicyclic amines) is 1. The van der Waals surface area contributed by atoms with E-state index in [4.69, 9.17) is 0 Å². The fraction of sp³-hybridized carbons (Fsp3) is 0.415. The highest BCUT2D eigenvalue weighted by Gasteiger charge is 2.38. The lowest BCUT2D eigenvalue weighted by Gasteiger charge is -2.18. The third-order valence-electron chi connectivity index (χ3n) is 9.91. The molecule has 2 unspecified atom stereocenters. The number of hydrogen-bond donors (Lipinski definition) is 0. The topological polar surface area (TPSA) is 44.1 Å². The Hall–Kier alpha value is -3.90. The average Bonchev–Trinajstić information content (AvgIpc) is 3.64. The van der Waals surface area contributed by atoms with Crippen molar-refractivity contribution >= 4 is 16.7 Å². The molecule has 0 aromatic heterocycles. The number of aryl methyl sites for hydroxylation is 2. The first kappa shape index (κ1) is 31.5. The van der Waals surface area contributed by atoms with Crippen LogP contribution in [0.5, 0.6) is 0 Å². The van der Waals surface area contributed by atoms with Gasteiger partial charge in [0.25, 0.3) is 5.91 Å². The third kappa shape index (κ3) is 6.91. The van der Waals surface area contributed by atoms with Crippen molar-refractivity contribution < 1.29 is 4.79 Å². The number of rotatable bonds is 7. The van der Waals surface area contributed by atoms with Gasteiger partial charge in [-0.25, -0.2) is 0 Å². The molecule has 1 saturated carbocycles. The molecule has 0 bridgehead atoms. The van der Waals surface area contributed by atoms with Gasteiger partial charge in [-0.2, -0.15) is 5.26 Å². The molecule has 4 aromatic rings. The molecule has 1 saturated heterocycles. The lowest BCUT2D eigenvalue weighted by atomic mass is 9.92. The summed E-state index contributed by atoms with van der Waals surface area (Å²) in [4.78, 5) is 15.3. The van der Waals surface area contributed by atoms with E-state index in [1.54, 1.807) is 0 Å². The van der Waals surface area contributed by atoms with Gasteiger partial charge in [0.1, 0.15) is 0 Å². The standard InChI is InChI=1S/C33H30N2O.C8H18/c1-21-9-10-25(17-29(21)18-34)31-8-4-5-23-16-24(11-14-32(23)31)30-13-12-26(15-22(30)2)33(36)35-19-27-6-3-7-28(27)20-35;1-4-6-8(3)7-5-2/h4-5,8-17,27-28H,3,6-7,19-20H2,1-2H3;8H,4-7H2,1-3H3. The lowest BCUT2D eigenvalue weighted by Crippen LogP contribution is -2.29. The number of hydrogen-bond acceptors (Lipinski definition) is 2. The Morgan fingerprint density at radius 1 is 0.841 bits per heavy atom. The van der Waals surface area contributed by atoms with Crippen LogP contribution in [0.25, 0.3) is 33.0 Å². The van der Waals surface area contributed by atoms with Crippen LogP contribution in [-0.2, 0) is 0 Å². The first-order valence-corrected chi connectivity index (χ1v) is 16.8. The van der Waals surface area contributed by atoms with E-state index in [1.807, 2.05) is 25.1 Å². The van der Waals surface area contributed by atoms with E-state index in [0.29, 0.717) is 17.4 Å². The van der Waals surface area contributed by atoms with E-state index in [-0.39, 0.29) is 5.91 Å². The van der Waals surface area contributed by atoms with E-state index in [2.05, 4.69) is 93.3 Å². The largest absolute Gasteiger partial charge is 0.338 e. The number of fused-ring (bicyclic) bond motifs is 2. The molecule has 0 radical (unpaired) electrons. The van der Waals surface area contributed by atoms with Crippen LogP contribution >= 0.6 is 0 Å². The molecule has 3 nitrogen and oxygen atoms in total. The molecular formula is C41H48N2O. The fourth-order valence-corrected chi connectivity index (χ4v) is 7.45. The second-order valence-electron chi connectivity index (χ2n) is 13.3. The Morgan fingerprint density at radius 2 is 1.52 bits per heavy atom. The molecule has 3 heteroatoms. The molecule has 0 N–H and O–H groups in total. The number of benzene rings is 4. The van der Waals surface area contributed by atoms with Crippen molar-refractivity contribution in [1.82, 2.24) is 4.90 Å². The van der Waals surface area contributed by atoms with E-state index in [0.717, 1.165) is 68.7 Å². The van der Waals surface area contributed by atoms with E-state index in [9.17, 15) is 10.1 Å². The summed E-state index contributed by atoms with van der Waals surface area (Å²) >= 11 is 0. The quantitative estimate of drug-likeness (QED) is 0.217. The second kappa shape index (κ2) is 14.3. The molecular weight excluding hydrogens is 536 g/mol. The summed E-state index contributed by atoms with van der Waals surface area (Å²) in [5, 5.41) is 11.8. The summed E-state index contributed by atoms with van der Waals surface area (Å²) < 4.78 is 0. The van der Waals surface area contributed by atoms with Gasteiger partial charge in [0.2, 0.25) is 0 Å². The zero-order valence-electron chi connectivity index (χ0n) is 27.3. The maximum atomic E-state index is 13.2. The van der Waals surface area contributed by atoms with Crippen LogP contribution in [0.1, 0.15) is 92.8 Å². The highest BCUT2D eigenvalue weighted by atomic mass is 16.2. The van der Waals surface area contributed by atoms with Crippen molar-refractivity contribution in [1.29, 1.82) is 5.26 Å². The van der Waals surface area contributed by atoms with Crippen LogP contribution in [-0.4, -0.2) is 23.9 Å². The maximum absolute atomic E-state index is 13.2. The minimum atomic E-state index is 0.178. The van der Waals surface area contributed by atoms with Gasteiger partial charge in [-0.15, -0.1) is 0 Å². The van der Waals surface area contributed by atoms with Crippen molar-refractivity contribution in [3.63, 3.8) is 0 Å². The predicted molar refractivity (Wildman–Crippen MR) is 185 cm³/mol. The first-order chi connectivity index (χ1) is 21.3. The van der Waals surface area contributed by atoms with Gasteiger partial charge >= 0.3 is 0 Å². The number of carbonyl (C=O) groups excluding carboxylic acids is 1. The Bertz CT molecular complexity index is 1640. The van der Waals surface area contributed by atoms with Crippen molar-refractivity contribution in [3.8, 4) is 28.3 Å². The van der Waals surface area contributed by atoms with Crippen molar-refractivity contribution in [2.75, 3.05) is 13.1 Å². The highest BCUT2D eigenvalue weighted by molar-refractivity contribution is 5.99. The zero-order valence-corrected chi connectivity index (χ0v) is 27.3. The monoisotopic (exact) mass is 584 g/mol. The van der Waals surface area contributed by atoms with Gasteiger partial charge in [0.15, 0.2) is 0 Å². The summed E-state index contributed by atoms with van der Waals surface area (Å²) in [6, 6.07) is 27.4. The minimum Gasteiger partial charge on any atom is -0.338 e. The number of carbonyl (C=O) groups is 1. The molecule has 2 atom stereocenters. The van der Waals surface area contributed by atoms with Crippen LogP contribution in [0.15, 0.2) is 72.8 Å². The molecule has 1 heterocycles. The highest BCUT2D eigenvalue weighted by Crippen LogP contribution is 2.39. The van der Waals surface area contributed by atoms with Crippen molar-refractivity contribution in [2.24, 2.45) is 17.8 Å². The normalized spacial score (nSPS) is 17.3. The molecule has 1 aliphatic heterocycles. The molecule has 228 valence electrons. The third-order valence-corrected chi connectivity index (χ3v) is 9.91. The molecule has 6 rings (SSSR count). The van der Waals surface area contributed by atoms with Gasteiger partial charge in [0.05, 0.1) is 11.6 Å². The SMILES string of the molecule is CCCC(C)CCC.Cc1ccc(-c2cccc3cc(-c4ccc(C(=O)N5CC6CCCC6C5)cc4C)ccc23)cc1C#N. The zero-order chi connectivity index (χ0) is 31.2. The van der Waals surface area contributed by atoms with Gasteiger partial charge in [0, 0.05) is 18.7 Å². The summed E-state index contributed by atoms with van der Waals surface area (Å²) in [6.07, 6.45) is 9.40. The Morgan fingerprint density at radius 3 is 2.18 bits per heavy atom. The maximum Gasteiger partial charge on any atom is 0.253 e. The lowest BCUT2D eigenvalue weighted by molar-refractivity contribution is 0.0780. The Balaban J connectivity index is 0.000000426. The van der Waals surface area contributed by atoms with Crippen LogP contribution in [0.2, 0.25) is 0 Å². The number of nitrogens with zero attached hydrogens (tertiary/aromatic N) is 2. The van der Waals surface area contributed by atoms with Gasteiger partial charge < -0.3 is 4.90 Å². The summed E-state index contributed by atoms with van der Waals surface area (Å²) in [5.41, 5.74) is 8.11. The number of nitriles is 1. The summed E-state index contributed by atoms with van der Waals surface area (Å²) in [5.74, 6) is 2.56. The smallest absolute Gasteiger partial charge is 0.253 e. The van der Waals surface area contributed by atoms with Crippen LogP contribution < -0.4 is 0 Å². The van der Waals surface area contributed by atoms with Gasteiger partial charge in [-0.05, 0) is 113 Å². The fourth-order valence-electron chi connectivity index (χ4n) is 7.45. The Labute approximate surface area is 264 Å². The second-order valence-corrected chi connectivity index (χ2v) is 13.3. The van der Waals surface area contributed by atoms with Crippen molar-refractivity contribution in [3.05, 3.63) is 95.1 Å². The molecule has 2 aliphatic rings.